The van der Waals surface area contributed by atoms with E-state index >= 15 is 0 Å². The largest absolute Gasteiger partial charge is 0.381 e. The predicted octanol–water partition coefficient (Wildman–Crippen LogP) is 5.31. The Bertz CT molecular complexity index is 214. The SMILES string of the molecule is CCCCCCCCCCCCC(CC1CCOC1)NC. The van der Waals surface area contributed by atoms with Gasteiger partial charge in [-0.1, -0.05) is 71.1 Å². The van der Waals surface area contributed by atoms with E-state index in [1.807, 2.05) is 0 Å². The van der Waals surface area contributed by atoms with Gasteiger partial charge in [-0.15, -0.1) is 0 Å². The Kier molecular flexibility index (Phi) is 12.3. The topological polar surface area (TPSA) is 21.3 Å². The van der Waals surface area contributed by atoms with Gasteiger partial charge in [0.15, 0.2) is 0 Å². The van der Waals surface area contributed by atoms with Crippen LogP contribution in [0.25, 0.3) is 0 Å². The third-order valence-corrected chi connectivity index (χ3v) is 4.96. The molecule has 0 aliphatic carbocycles. The molecule has 1 heterocycles. The maximum absolute atomic E-state index is 5.48. The lowest BCUT2D eigenvalue weighted by molar-refractivity contribution is 0.181. The lowest BCUT2D eigenvalue weighted by Crippen LogP contribution is -2.28. The molecule has 2 nitrogen and oxygen atoms in total. The molecule has 1 fully saturated rings. The number of ether oxygens (including phenoxy) is 1. The summed E-state index contributed by atoms with van der Waals surface area (Å²) in [5, 5.41) is 3.50. The highest BCUT2D eigenvalue weighted by molar-refractivity contribution is 4.73. The van der Waals surface area contributed by atoms with Crippen molar-refractivity contribution in [1.82, 2.24) is 5.32 Å². The Morgan fingerprint density at radius 1 is 0.952 bits per heavy atom. The molecule has 1 N–H and O–H groups in total. The van der Waals surface area contributed by atoms with Crippen molar-refractivity contribution in [3.63, 3.8) is 0 Å². The number of unbranched alkanes of at least 4 members (excludes halogenated alkanes) is 9. The van der Waals surface area contributed by atoms with Gasteiger partial charge in [-0.05, 0) is 32.2 Å². The second-order valence-corrected chi connectivity index (χ2v) is 6.92. The molecule has 0 aromatic heterocycles. The summed E-state index contributed by atoms with van der Waals surface area (Å²) < 4.78 is 5.48. The first-order chi connectivity index (χ1) is 10.4. The van der Waals surface area contributed by atoms with Crippen molar-refractivity contribution >= 4 is 0 Å². The van der Waals surface area contributed by atoms with Crippen molar-refractivity contribution in [2.75, 3.05) is 20.3 Å². The van der Waals surface area contributed by atoms with E-state index in [4.69, 9.17) is 4.74 Å². The maximum Gasteiger partial charge on any atom is 0.0495 e. The van der Waals surface area contributed by atoms with Crippen LogP contribution in [0.15, 0.2) is 0 Å². The lowest BCUT2D eigenvalue weighted by Gasteiger charge is -2.19. The van der Waals surface area contributed by atoms with Gasteiger partial charge in [-0.3, -0.25) is 0 Å². The van der Waals surface area contributed by atoms with Crippen LogP contribution in [0, 0.1) is 5.92 Å². The van der Waals surface area contributed by atoms with Gasteiger partial charge in [0.1, 0.15) is 0 Å². The van der Waals surface area contributed by atoms with Gasteiger partial charge in [0, 0.05) is 19.3 Å². The quantitative estimate of drug-likeness (QED) is 0.439. The predicted molar refractivity (Wildman–Crippen MR) is 92.9 cm³/mol. The molecule has 21 heavy (non-hydrogen) atoms. The minimum absolute atomic E-state index is 0.714. The molecular weight excluding hydrogens is 258 g/mol. The minimum atomic E-state index is 0.714. The van der Waals surface area contributed by atoms with E-state index in [0.29, 0.717) is 6.04 Å². The molecule has 0 aromatic rings. The van der Waals surface area contributed by atoms with Crippen molar-refractivity contribution in [3.05, 3.63) is 0 Å². The van der Waals surface area contributed by atoms with E-state index in [1.54, 1.807) is 0 Å². The smallest absolute Gasteiger partial charge is 0.0495 e. The standard InChI is InChI=1S/C19H39NO/c1-3-4-5-6-7-8-9-10-11-12-13-19(20-2)16-18-14-15-21-17-18/h18-20H,3-17H2,1-2H3. The Labute approximate surface area is 133 Å². The Morgan fingerprint density at radius 2 is 1.57 bits per heavy atom. The molecule has 0 spiro atoms. The van der Waals surface area contributed by atoms with Crippen LogP contribution >= 0.6 is 0 Å². The van der Waals surface area contributed by atoms with E-state index in [1.165, 1.54) is 83.5 Å². The van der Waals surface area contributed by atoms with Gasteiger partial charge >= 0.3 is 0 Å². The number of hydrogen-bond donors (Lipinski definition) is 1. The molecule has 0 bridgehead atoms. The normalized spacial score (nSPS) is 20.0. The molecule has 0 aromatic carbocycles. The van der Waals surface area contributed by atoms with Crippen LogP contribution in [-0.4, -0.2) is 26.3 Å². The van der Waals surface area contributed by atoms with E-state index < -0.39 is 0 Å². The molecule has 0 amide bonds. The fourth-order valence-corrected chi connectivity index (χ4v) is 3.43. The summed E-state index contributed by atoms with van der Waals surface area (Å²) in [6, 6.07) is 0.714. The van der Waals surface area contributed by atoms with E-state index in [-0.39, 0.29) is 0 Å². The van der Waals surface area contributed by atoms with Crippen LogP contribution in [-0.2, 0) is 4.74 Å². The molecule has 0 saturated carbocycles. The van der Waals surface area contributed by atoms with E-state index in [2.05, 4.69) is 19.3 Å². The molecule has 0 radical (unpaired) electrons. The molecule has 126 valence electrons. The zero-order valence-corrected chi connectivity index (χ0v) is 14.7. The fraction of sp³-hybridized carbons (Fsp3) is 1.00. The Balaban J connectivity index is 1.85. The Morgan fingerprint density at radius 3 is 2.10 bits per heavy atom. The summed E-state index contributed by atoms with van der Waals surface area (Å²) in [6.45, 7) is 4.27. The van der Waals surface area contributed by atoms with Gasteiger partial charge in [-0.25, -0.2) is 0 Å². The molecule has 2 unspecified atom stereocenters. The highest BCUT2D eigenvalue weighted by Crippen LogP contribution is 2.20. The molecule has 2 atom stereocenters. The van der Waals surface area contributed by atoms with Crippen LogP contribution < -0.4 is 5.32 Å². The monoisotopic (exact) mass is 297 g/mol. The lowest BCUT2D eigenvalue weighted by atomic mass is 9.95. The average molecular weight is 298 g/mol. The summed E-state index contributed by atoms with van der Waals surface area (Å²) >= 11 is 0. The van der Waals surface area contributed by atoms with E-state index in [9.17, 15) is 0 Å². The first-order valence-corrected chi connectivity index (χ1v) is 9.61. The van der Waals surface area contributed by atoms with Crippen LogP contribution in [0.3, 0.4) is 0 Å². The summed E-state index contributed by atoms with van der Waals surface area (Å²) in [7, 11) is 2.12. The minimum Gasteiger partial charge on any atom is -0.381 e. The van der Waals surface area contributed by atoms with Gasteiger partial charge in [0.25, 0.3) is 0 Å². The number of nitrogens with one attached hydrogen (secondary N) is 1. The Hall–Kier alpha value is -0.0800. The first-order valence-electron chi connectivity index (χ1n) is 9.61. The molecular formula is C19H39NO. The fourth-order valence-electron chi connectivity index (χ4n) is 3.43. The highest BCUT2D eigenvalue weighted by Gasteiger charge is 2.19. The van der Waals surface area contributed by atoms with Crippen molar-refractivity contribution in [2.45, 2.75) is 96.4 Å². The molecule has 1 saturated heterocycles. The van der Waals surface area contributed by atoms with Crippen LogP contribution in [0.4, 0.5) is 0 Å². The number of rotatable bonds is 14. The average Bonchev–Trinajstić information content (AvgIpc) is 3.01. The summed E-state index contributed by atoms with van der Waals surface area (Å²) in [4.78, 5) is 0. The molecule has 1 aliphatic rings. The maximum atomic E-state index is 5.48. The zero-order chi connectivity index (χ0) is 15.2. The van der Waals surface area contributed by atoms with Crippen LogP contribution in [0.1, 0.15) is 90.4 Å². The summed E-state index contributed by atoms with van der Waals surface area (Å²) in [5.41, 5.74) is 0. The zero-order valence-electron chi connectivity index (χ0n) is 14.7. The van der Waals surface area contributed by atoms with Gasteiger partial charge in [0.05, 0.1) is 0 Å². The van der Waals surface area contributed by atoms with Gasteiger partial charge in [-0.2, -0.15) is 0 Å². The third kappa shape index (κ3) is 10.3. The summed E-state index contributed by atoms with van der Waals surface area (Å²) in [5.74, 6) is 0.811. The van der Waals surface area contributed by atoms with Crippen molar-refractivity contribution in [2.24, 2.45) is 5.92 Å². The molecule has 1 rings (SSSR count). The van der Waals surface area contributed by atoms with Crippen LogP contribution in [0.5, 0.6) is 0 Å². The van der Waals surface area contributed by atoms with Crippen LogP contribution in [0.2, 0.25) is 0 Å². The van der Waals surface area contributed by atoms with Crippen molar-refractivity contribution in [3.8, 4) is 0 Å². The van der Waals surface area contributed by atoms with Crippen molar-refractivity contribution < 1.29 is 4.74 Å². The first kappa shape index (κ1) is 19.0. The number of hydrogen-bond acceptors (Lipinski definition) is 2. The second-order valence-electron chi connectivity index (χ2n) is 6.92. The second kappa shape index (κ2) is 13.6. The molecule has 2 heteroatoms. The highest BCUT2D eigenvalue weighted by atomic mass is 16.5. The summed E-state index contributed by atoms with van der Waals surface area (Å²) in [6.07, 6.45) is 18.3. The van der Waals surface area contributed by atoms with Crippen molar-refractivity contribution in [1.29, 1.82) is 0 Å². The third-order valence-electron chi connectivity index (χ3n) is 4.96. The van der Waals surface area contributed by atoms with E-state index in [0.717, 1.165) is 19.1 Å². The van der Waals surface area contributed by atoms with Gasteiger partial charge in [0.2, 0.25) is 0 Å². The molecule has 1 aliphatic heterocycles. The van der Waals surface area contributed by atoms with Gasteiger partial charge < -0.3 is 10.1 Å².